The van der Waals surface area contributed by atoms with Gasteiger partial charge in [0.15, 0.2) is 4.96 Å². The van der Waals surface area contributed by atoms with Crippen LogP contribution in [0.15, 0.2) is 59.4 Å². The molecule has 4 aromatic rings. The summed E-state index contributed by atoms with van der Waals surface area (Å²) in [6.45, 7) is 1.19. The van der Waals surface area contributed by atoms with E-state index in [1.807, 2.05) is 24.3 Å². The summed E-state index contributed by atoms with van der Waals surface area (Å²) in [6.07, 6.45) is 0. The van der Waals surface area contributed by atoms with Crippen LogP contribution in [0.3, 0.4) is 0 Å². The molecule has 2 amide bonds. The zero-order valence-corrected chi connectivity index (χ0v) is 17.1. The Morgan fingerprint density at radius 3 is 2.39 bits per heavy atom. The number of aromatic nitrogens is 2. The number of esters is 1. The van der Waals surface area contributed by atoms with Crippen LogP contribution < -0.4 is 5.56 Å². The fourth-order valence-corrected chi connectivity index (χ4v) is 4.68. The van der Waals surface area contributed by atoms with E-state index >= 15 is 0 Å². The molecule has 8 nitrogen and oxygen atoms in total. The predicted molar refractivity (Wildman–Crippen MR) is 113 cm³/mol. The Balaban J connectivity index is 1.35. The number of benzene rings is 2. The molecule has 0 saturated carbocycles. The van der Waals surface area contributed by atoms with Gasteiger partial charge in [-0.05, 0) is 31.2 Å². The van der Waals surface area contributed by atoms with E-state index in [4.69, 9.17) is 4.74 Å². The van der Waals surface area contributed by atoms with E-state index in [1.165, 1.54) is 28.7 Å². The summed E-state index contributed by atoms with van der Waals surface area (Å²) in [5.41, 5.74) is 1.30. The molecule has 0 unspecified atom stereocenters. The number of amides is 2. The minimum atomic E-state index is -1.11. The van der Waals surface area contributed by atoms with Crippen LogP contribution in [-0.2, 0) is 16.1 Å². The number of rotatable bonds is 4. The van der Waals surface area contributed by atoms with Crippen molar-refractivity contribution in [1.29, 1.82) is 0 Å². The van der Waals surface area contributed by atoms with Crippen LogP contribution in [0.1, 0.15) is 33.3 Å². The van der Waals surface area contributed by atoms with Gasteiger partial charge in [0.25, 0.3) is 17.4 Å². The first-order valence-corrected chi connectivity index (χ1v) is 10.3. The molecular weight excluding hydrogens is 418 g/mol. The van der Waals surface area contributed by atoms with E-state index in [-0.39, 0.29) is 23.3 Å². The van der Waals surface area contributed by atoms with Gasteiger partial charge < -0.3 is 4.74 Å². The molecule has 0 aliphatic carbocycles. The van der Waals surface area contributed by atoms with E-state index in [0.29, 0.717) is 10.7 Å². The van der Waals surface area contributed by atoms with Gasteiger partial charge >= 0.3 is 5.97 Å². The Labute approximate surface area is 179 Å². The quantitative estimate of drug-likeness (QED) is 0.363. The summed E-state index contributed by atoms with van der Waals surface area (Å²) in [4.78, 5) is 56.0. The van der Waals surface area contributed by atoms with Crippen LogP contribution in [0, 0.1) is 0 Å². The first kappa shape index (κ1) is 19.1. The second-order valence-electron chi connectivity index (χ2n) is 7.08. The lowest BCUT2D eigenvalue weighted by atomic mass is 10.1. The molecule has 9 heteroatoms. The third kappa shape index (κ3) is 3.01. The molecule has 3 heterocycles. The van der Waals surface area contributed by atoms with Crippen molar-refractivity contribution in [1.82, 2.24) is 14.3 Å². The van der Waals surface area contributed by atoms with E-state index in [9.17, 15) is 19.2 Å². The van der Waals surface area contributed by atoms with Crippen LogP contribution in [0.2, 0.25) is 0 Å². The molecule has 0 radical (unpaired) electrons. The van der Waals surface area contributed by atoms with E-state index < -0.39 is 23.8 Å². The number of carbonyl (C=O) groups excluding carboxylic acids is 3. The molecule has 0 spiro atoms. The molecule has 0 fully saturated rings. The first-order chi connectivity index (χ1) is 15.0. The van der Waals surface area contributed by atoms with Crippen LogP contribution >= 0.6 is 11.3 Å². The molecule has 0 N–H and O–H groups in total. The van der Waals surface area contributed by atoms with Crippen molar-refractivity contribution < 1.29 is 19.1 Å². The van der Waals surface area contributed by atoms with Gasteiger partial charge in [0.05, 0.1) is 27.0 Å². The number of nitrogens with zero attached hydrogens (tertiary/aromatic N) is 3. The Morgan fingerprint density at radius 1 is 1.03 bits per heavy atom. The van der Waals surface area contributed by atoms with Gasteiger partial charge in [-0.3, -0.25) is 23.7 Å². The SMILES string of the molecule is C[C@H](C(=O)OCc1cc(=O)n2c(n1)sc1ccccc12)N1C(=O)c2ccccc2C1=O. The van der Waals surface area contributed by atoms with E-state index in [1.54, 1.807) is 24.3 Å². The number of imide groups is 1. The smallest absolute Gasteiger partial charge is 0.329 e. The summed E-state index contributed by atoms with van der Waals surface area (Å²) >= 11 is 1.36. The van der Waals surface area contributed by atoms with Gasteiger partial charge in [-0.25, -0.2) is 9.78 Å². The molecule has 0 saturated heterocycles. The summed E-state index contributed by atoms with van der Waals surface area (Å²) < 4.78 is 7.71. The molecule has 0 bridgehead atoms. The Bertz CT molecular complexity index is 1420. The second-order valence-corrected chi connectivity index (χ2v) is 8.09. The molecule has 154 valence electrons. The molecule has 1 aliphatic heterocycles. The minimum absolute atomic E-state index is 0.244. The van der Waals surface area contributed by atoms with Crippen LogP contribution in [0.4, 0.5) is 0 Å². The third-order valence-electron chi connectivity index (χ3n) is 5.16. The zero-order valence-electron chi connectivity index (χ0n) is 16.3. The van der Waals surface area contributed by atoms with Crippen molar-refractivity contribution in [3.63, 3.8) is 0 Å². The number of hydrogen-bond acceptors (Lipinski definition) is 7. The number of hydrogen-bond donors (Lipinski definition) is 0. The Hall–Kier alpha value is -3.85. The normalized spacial score (nSPS) is 14.3. The maximum Gasteiger partial charge on any atom is 0.329 e. The van der Waals surface area contributed by atoms with E-state index in [0.717, 1.165) is 15.1 Å². The lowest BCUT2D eigenvalue weighted by molar-refractivity contribution is -0.149. The highest BCUT2D eigenvalue weighted by Gasteiger charge is 2.41. The van der Waals surface area contributed by atoms with Gasteiger partial charge in [-0.15, -0.1) is 0 Å². The molecular formula is C22H15N3O5S. The average Bonchev–Trinajstić information content (AvgIpc) is 3.27. The summed E-state index contributed by atoms with van der Waals surface area (Å²) in [5, 5.41) is 0. The Morgan fingerprint density at radius 2 is 1.68 bits per heavy atom. The summed E-state index contributed by atoms with van der Waals surface area (Å²) in [7, 11) is 0. The van der Waals surface area contributed by atoms with Gasteiger partial charge in [0, 0.05) is 6.07 Å². The van der Waals surface area contributed by atoms with Crippen LogP contribution in [0.25, 0.3) is 15.2 Å². The number of ether oxygens (including phenoxy) is 1. The van der Waals surface area contributed by atoms with Crippen molar-refractivity contribution in [2.45, 2.75) is 19.6 Å². The first-order valence-electron chi connectivity index (χ1n) is 9.49. The molecule has 5 rings (SSSR count). The fraction of sp³-hybridized carbons (Fsp3) is 0.136. The average molecular weight is 433 g/mol. The van der Waals surface area contributed by atoms with Crippen LogP contribution in [-0.4, -0.2) is 38.1 Å². The monoisotopic (exact) mass is 433 g/mol. The number of para-hydroxylation sites is 1. The number of fused-ring (bicyclic) bond motifs is 4. The van der Waals surface area contributed by atoms with Crippen molar-refractivity contribution in [2.24, 2.45) is 0 Å². The largest absolute Gasteiger partial charge is 0.458 e. The van der Waals surface area contributed by atoms with Gasteiger partial charge in [0.1, 0.15) is 12.6 Å². The highest BCUT2D eigenvalue weighted by Crippen LogP contribution is 2.25. The topological polar surface area (TPSA) is 98.1 Å². The minimum Gasteiger partial charge on any atom is -0.458 e. The molecule has 2 aromatic carbocycles. The lowest BCUT2D eigenvalue weighted by Gasteiger charge is -2.20. The maximum absolute atomic E-state index is 12.6. The fourth-order valence-electron chi connectivity index (χ4n) is 3.63. The predicted octanol–water partition coefficient (Wildman–Crippen LogP) is 2.64. The third-order valence-corrected chi connectivity index (χ3v) is 6.19. The van der Waals surface area contributed by atoms with Gasteiger partial charge in [-0.2, -0.15) is 0 Å². The summed E-state index contributed by atoms with van der Waals surface area (Å²) in [5.74, 6) is -1.82. The van der Waals surface area contributed by atoms with Gasteiger partial charge in [-0.1, -0.05) is 35.6 Å². The van der Waals surface area contributed by atoms with Crippen molar-refractivity contribution in [3.8, 4) is 0 Å². The highest BCUT2D eigenvalue weighted by molar-refractivity contribution is 7.23. The van der Waals surface area contributed by atoms with Gasteiger partial charge in [0.2, 0.25) is 0 Å². The molecule has 1 aliphatic rings. The number of thiazole rings is 1. The standard InChI is InChI=1S/C22H15N3O5S/c1-12(24-19(27)14-6-2-3-7-15(14)20(24)28)21(29)30-11-13-10-18(26)25-16-8-4-5-9-17(16)31-22(25)23-13/h2-10,12H,11H2,1H3/t12-/m1/s1. The summed E-state index contributed by atoms with van der Waals surface area (Å²) in [6, 6.07) is 14.1. The highest BCUT2D eigenvalue weighted by atomic mass is 32.1. The Kier molecular flexibility index (Phi) is 4.40. The molecule has 1 atom stereocenters. The van der Waals surface area contributed by atoms with E-state index in [2.05, 4.69) is 4.98 Å². The van der Waals surface area contributed by atoms with Crippen LogP contribution in [0.5, 0.6) is 0 Å². The number of carbonyl (C=O) groups is 3. The molecule has 2 aromatic heterocycles. The van der Waals surface area contributed by atoms with Crippen molar-refractivity contribution >= 4 is 44.3 Å². The zero-order chi connectivity index (χ0) is 21.7. The molecule has 31 heavy (non-hydrogen) atoms. The lowest BCUT2D eigenvalue weighted by Crippen LogP contribution is -2.43. The van der Waals surface area contributed by atoms with Crippen molar-refractivity contribution in [3.05, 3.63) is 81.8 Å². The maximum atomic E-state index is 12.6. The van der Waals surface area contributed by atoms with Crippen molar-refractivity contribution in [2.75, 3.05) is 0 Å². The second kappa shape index (κ2) is 7.13.